The lowest BCUT2D eigenvalue weighted by Crippen LogP contribution is -2.35. The third-order valence-electron chi connectivity index (χ3n) is 4.10. The summed E-state index contributed by atoms with van der Waals surface area (Å²) in [5, 5.41) is 9.80. The van der Waals surface area contributed by atoms with Crippen molar-refractivity contribution in [2.45, 2.75) is 13.3 Å². The van der Waals surface area contributed by atoms with Crippen molar-refractivity contribution in [3.63, 3.8) is 0 Å². The fourth-order valence-corrected chi connectivity index (χ4v) is 2.76. The second kappa shape index (κ2) is 8.19. The maximum Gasteiger partial charge on any atom is 0.310 e. The minimum absolute atomic E-state index is 0.00687. The monoisotopic (exact) mass is 362 g/mol. The quantitative estimate of drug-likeness (QED) is 0.496. The molecule has 0 unspecified atom stereocenters. The number of para-hydroxylation sites is 1. The molecule has 1 heterocycles. The van der Waals surface area contributed by atoms with Gasteiger partial charge in [0.05, 0.1) is 18.8 Å². The van der Waals surface area contributed by atoms with Gasteiger partial charge in [0, 0.05) is 16.6 Å². The summed E-state index contributed by atoms with van der Waals surface area (Å²) in [6, 6.07) is 16.5. The molecule has 0 N–H and O–H groups in total. The van der Waals surface area contributed by atoms with Crippen LogP contribution in [-0.2, 0) is 20.7 Å². The van der Waals surface area contributed by atoms with Crippen molar-refractivity contribution in [2.75, 3.05) is 18.1 Å². The molecule has 3 rings (SSSR count). The average Bonchev–Trinajstić information content (AvgIpc) is 3.06. The van der Waals surface area contributed by atoms with Crippen LogP contribution in [-0.4, -0.2) is 25.0 Å². The molecule has 1 amide bonds. The van der Waals surface area contributed by atoms with Crippen LogP contribution in [0.2, 0.25) is 0 Å². The molecule has 0 saturated carbocycles. The lowest BCUT2D eigenvalue weighted by atomic mass is 10.1. The van der Waals surface area contributed by atoms with Gasteiger partial charge >= 0.3 is 5.97 Å². The number of amides is 1. The number of hydrogen-bond acceptors (Lipinski definition) is 5. The minimum atomic E-state index is -0.531. The molecule has 0 aliphatic carbocycles. The van der Waals surface area contributed by atoms with E-state index in [1.165, 1.54) is 11.2 Å². The Balaban J connectivity index is 1.62. The van der Waals surface area contributed by atoms with E-state index >= 15 is 0 Å². The van der Waals surface area contributed by atoms with Gasteiger partial charge in [-0.3, -0.25) is 14.5 Å². The van der Waals surface area contributed by atoms with Crippen LogP contribution in [0, 0.1) is 18.3 Å². The van der Waals surface area contributed by atoms with Gasteiger partial charge in [-0.2, -0.15) is 5.26 Å². The van der Waals surface area contributed by atoms with Crippen molar-refractivity contribution in [1.29, 1.82) is 5.26 Å². The number of anilines is 1. The molecule has 0 saturated heterocycles. The maximum atomic E-state index is 12.4. The van der Waals surface area contributed by atoms with Crippen molar-refractivity contribution in [3.8, 4) is 6.07 Å². The van der Waals surface area contributed by atoms with Gasteiger partial charge in [0.1, 0.15) is 12.1 Å². The number of carbonyl (C=O) groups excluding carboxylic acids is 2. The van der Waals surface area contributed by atoms with E-state index in [2.05, 4.69) is 0 Å². The third-order valence-corrected chi connectivity index (χ3v) is 4.10. The number of esters is 1. The first kappa shape index (κ1) is 18.2. The molecular weight excluding hydrogens is 344 g/mol. The Hall–Kier alpha value is -3.59. The molecule has 0 aliphatic heterocycles. The number of aryl methyl sites for hydroxylation is 1. The van der Waals surface area contributed by atoms with Crippen molar-refractivity contribution >= 4 is 28.5 Å². The highest BCUT2D eigenvalue weighted by Crippen LogP contribution is 2.23. The zero-order valence-corrected chi connectivity index (χ0v) is 14.8. The van der Waals surface area contributed by atoms with E-state index in [0.29, 0.717) is 16.8 Å². The van der Waals surface area contributed by atoms with E-state index in [4.69, 9.17) is 14.4 Å². The van der Waals surface area contributed by atoms with Crippen molar-refractivity contribution in [2.24, 2.45) is 0 Å². The second-order valence-corrected chi connectivity index (χ2v) is 6.07. The number of rotatable bonds is 6. The van der Waals surface area contributed by atoms with Gasteiger partial charge in [-0.1, -0.05) is 30.3 Å². The van der Waals surface area contributed by atoms with Gasteiger partial charge in [0.15, 0.2) is 6.61 Å². The van der Waals surface area contributed by atoms with Crippen LogP contribution in [0.25, 0.3) is 11.0 Å². The fourth-order valence-electron chi connectivity index (χ4n) is 2.76. The van der Waals surface area contributed by atoms with E-state index in [1.54, 1.807) is 24.3 Å². The Morgan fingerprint density at radius 1 is 1.19 bits per heavy atom. The van der Waals surface area contributed by atoms with Crippen LogP contribution in [0.1, 0.15) is 11.1 Å². The summed E-state index contributed by atoms with van der Waals surface area (Å²) >= 11 is 0. The number of nitriles is 1. The van der Waals surface area contributed by atoms with Crippen molar-refractivity contribution in [1.82, 2.24) is 0 Å². The van der Waals surface area contributed by atoms with Gasteiger partial charge in [0.2, 0.25) is 0 Å². The van der Waals surface area contributed by atoms with E-state index in [-0.39, 0.29) is 13.0 Å². The van der Waals surface area contributed by atoms with Crippen LogP contribution in [0.15, 0.2) is 59.2 Å². The van der Waals surface area contributed by atoms with E-state index < -0.39 is 18.5 Å². The van der Waals surface area contributed by atoms with Crippen LogP contribution >= 0.6 is 0 Å². The maximum absolute atomic E-state index is 12.4. The summed E-state index contributed by atoms with van der Waals surface area (Å²) in [4.78, 5) is 25.8. The SMILES string of the molecule is Cc1ccc2c(CC(=O)OCC(=O)N(CC#N)c3ccccc3)coc2c1. The molecule has 27 heavy (non-hydrogen) atoms. The molecule has 0 fully saturated rings. The molecule has 6 heteroatoms. The number of furan rings is 1. The van der Waals surface area contributed by atoms with Gasteiger partial charge in [-0.25, -0.2) is 0 Å². The zero-order valence-electron chi connectivity index (χ0n) is 14.8. The zero-order chi connectivity index (χ0) is 19.2. The Bertz CT molecular complexity index is 1000. The summed E-state index contributed by atoms with van der Waals surface area (Å²) < 4.78 is 10.6. The summed E-state index contributed by atoms with van der Waals surface area (Å²) in [7, 11) is 0. The predicted molar refractivity (Wildman–Crippen MR) is 100 cm³/mol. The number of carbonyl (C=O) groups is 2. The lowest BCUT2D eigenvalue weighted by molar-refractivity contribution is -0.147. The summed E-state index contributed by atoms with van der Waals surface area (Å²) in [5.41, 5.74) is 3.06. The largest absolute Gasteiger partial charge is 0.464 e. The Labute approximate surface area is 156 Å². The molecule has 1 aromatic heterocycles. The first-order chi connectivity index (χ1) is 13.1. The molecular formula is C21H18N2O4. The van der Waals surface area contributed by atoms with Crippen LogP contribution in [0.4, 0.5) is 5.69 Å². The summed E-state index contributed by atoms with van der Waals surface area (Å²) in [6.07, 6.45) is 1.53. The summed E-state index contributed by atoms with van der Waals surface area (Å²) in [6.45, 7) is 1.41. The van der Waals surface area contributed by atoms with E-state index in [1.807, 2.05) is 37.3 Å². The number of ether oxygens (including phenoxy) is 1. The van der Waals surface area contributed by atoms with Gasteiger partial charge < -0.3 is 9.15 Å². The first-order valence-electron chi connectivity index (χ1n) is 8.43. The highest BCUT2D eigenvalue weighted by molar-refractivity contribution is 5.96. The highest BCUT2D eigenvalue weighted by atomic mass is 16.5. The molecule has 0 spiro atoms. The van der Waals surface area contributed by atoms with Gasteiger partial charge in [-0.15, -0.1) is 0 Å². The Kier molecular flexibility index (Phi) is 5.53. The van der Waals surface area contributed by atoms with Crippen LogP contribution < -0.4 is 4.90 Å². The predicted octanol–water partition coefficient (Wildman–Crippen LogP) is 3.38. The topological polar surface area (TPSA) is 83.5 Å². The third kappa shape index (κ3) is 4.33. The molecule has 0 bridgehead atoms. The first-order valence-corrected chi connectivity index (χ1v) is 8.43. The number of nitrogens with zero attached hydrogens (tertiary/aromatic N) is 2. The molecule has 136 valence electrons. The lowest BCUT2D eigenvalue weighted by Gasteiger charge is -2.19. The van der Waals surface area contributed by atoms with Gasteiger partial charge in [-0.05, 0) is 30.7 Å². The van der Waals surface area contributed by atoms with E-state index in [9.17, 15) is 9.59 Å². The Morgan fingerprint density at radius 3 is 2.70 bits per heavy atom. The number of benzene rings is 2. The molecule has 2 aromatic carbocycles. The fraction of sp³-hybridized carbons (Fsp3) is 0.190. The molecule has 0 atom stereocenters. The van der Waals surface area contributed by atoms with E-state index in [0.717, 1.165) is 10.9 Å². The van der Waals surface area contributed by atoms with Crippen LogP contribution in [0.5, 0.6) is 0 Å². The Morgan fingerprint density at radius 2 is 1.96 bits per heavy atom. The molecule has 3 aromatic rings. The molecule has 0 aliphatic rings. The standard InChI is InChI=1S/C21H18N2O4/c1-15-7-8-18-16(13-26-19(18)11-15)12-21(25)27-14-20(24)23(10-9-22)17-5-3-2-4-6-17/h2-8,11,13H,10,12,14H2,1H3. The number of hydrogen-bond donors (Lipinski definition) is 0. The molecule has 0 radical (unpaired) electrons. The minimum Gasteiger partial charge on any atom is -0.464 e. The highest BCUT2D eigenvalue weighted by Gasteiger charge is 2.18. The normalized spacial score (nSPS) is 10.4. The number of fused-ring (bicyclic) bond motifs is 1. The summed E-state index contributed by atoms with van der Waals surface area (Å²) in [5.74, 6) is -0.986. The second-order valence-electron chi connectivity index (χ2n) is 6.07. The average molecular weight is 362 g/mol. The van der Waals surface area contributed by atoms with Gasteiger partial charge in [0.25, 0.3) is 5.91 Å². The van der Waals surface area contributed by atoms with Crippen molar-refractivity contribution < 1.29 is 18.7 Å². The molecule has 6 nitrogen and oxygen atoms in total. The van der Waals surface area contributed by atoms with Crippen LogP contribution in [0.3, 0.4) is 0 Å². The smallest absolute Gasteiger partial charge is 0.310 e. The van der Waals surface area contributed by atoms with Crippen molar-refractivity contribution in [3.05, 3.63) is 65.9 Å².